The van der Waals surface area contributed by atoms with Gasteiger partial charge in [0, 0.05) is 19.6 Å². The summed E-state index contributed by atoms with van der Waals surface area (Å²) < 4.78 is 65.7. The van der Waals surface area contributed by atoms with Gasteiger partial charge >= 0.3 is 41.7 Å². The average Bonchev–Trinajstić information content (AvgIpc) is 2.88. The molecule has 0 aromatic heterocycles. The van der Waals surface area contributed by atoms with E-state index in [9.17, 15) is 57.4 Å². The van der Waals surface area contributed by atoms with Crippen LogP contribution in [0.5, 0.6) is 0 Å². The molecule has 0 aromatic rings. The first-order valence-electron chi connectivity index (χ1n) is 13.9. The number of carbonyl (C=O) groups is 3. The van der Waals surface area contributed by atoms with Gasteiger partial charge in [0.15, 0.2) is 18.3 Å². The van der Waals surface area contributed by atoms with Crippen LogP contribution >= 0.6 is 23.5 Å². The van der Waals surface area contributed by atoms with E-state index in [4.69, 9.17) is 14.2 Å². The first-order chi connectivity index (χ1) is 20.8. The van der Waals surface area contributed by atoms with Crippen molar-refractivity contribution >= 4 is 41.7 Å². The van der Waals surface area contributed by atoms with Gasteiger partial charge in [-0.3, -0.25) is 13.6 Å². The van der Waals surface area contributed by atoms with E-state index in [2.05, 4.69) is 29.5 Å². The van der Waals surface area contributed by atoms with Gasteiger partial charge in [-0.25, -0.2) is 28.1 Å². The van der Waals surface area contributed by atoms with Crippen molar-refractivity contribution in [2.45, 2.75) is 95.9 Å². The molecule has 2 unspecified atom stereocenters. The van der Waals surface area contributed by atoms with Crippen LogP contribution in [0.2, 0.25) is 0 Å². The lowest BCUT2D eigenvalue weighted by Crippen LogP contribution is -2.68. The van der Waals surface area contributed by atoms with Crippen molar-refractivity contribution in [1.29, 1.82) is 0 Å². The molecule has 1 rings (SSSR count). The summed E-state index contributed by atoms with van der Waals surface area (Å²) in [5.74, 6) is 0. The second-order valence-electron chi connectivity index (χ2n) is 9.63. The Morgan fingerprint density at radius 2 is 0.711 bits per heavy atom. The van der Waals surface area contributed by atoms with E-state index in [1.807, 2.05) is 0 Å². The Morgan fingerprint density at radius 3 is 0.933 bits per heavy atom. The average molecular weight is 717 g/mol. The molecule has 0 radical (unpaired) electrons. The Hall–Kier alpha value is -1.86. The van der Waals surface area contributed by atoms with Gasteiger partial charge in [-0.15, -0.1) is 0 Å². The van der Waals surface area contributed by atoms with Crippen LogP contribution in [0.4, 0.5) is 14.4 Å². The minimum absolute atomic E-state index is 0.0151. The number of alkyl carbamates (subject to hydrolysis) is 3. The van der Waals surface area contributed by atoms with E-state index in [0.29, 0.717) is 38.5 Å². The normalized spacial score (nSPS) is 23.9. The zero-order chi connectivity index (χ0) is 34.4. The molecule has 21 nitrogen and oxygen atoms in total. The molecule has 0 bridgehead atoms. The van der Waals surface area contributed by atoms with E-state index in [0.717, 1.165) is 0 Å². The van der Waals surface area contributed by atoms with Crippen molar-refractivity contribution in [2.24, 2.45) is 0 Å². The molecule has 6 atom stereocenters. The van der Waals surface area contributed by atoms with Crippen LogP contribution in [0.25, 0.3) is 0 Å². The van der Waals surface area contributed by atoms with Crippen molar-refractivity contribution in [3.63, 3.8) is 0 Å². The number of phosphoric ester groups is 3. The zero-order valence-corrected chi connectivity index (χ0v) is 27.4. The third kappa shape index (κ3) is 16.5. The third-order valence-electron chi connectivity index (χ3n) is 5.85. The van der Waals surface area contributed by atoms with Crippen LogP contribution in [0, 0.1) is 0 Å². The molecule has 0 spiro atoms. The molecule has 1 aliphatic carbocycles. The number of rotatable bonds is 18. The summed E-state index contributed by atoms with van der Waals surface area (Å²) >= 11 is 0. The number of hydrogen-bond donors (Lipinski definition) is 9. The summed E-state index contributed by atoms with van der Waals surface area (Å²) in [6.07, 6.45) is -15.5. The maximum absolute atomic E-state index is 12.8. The molecule has 1 aliphatic rings. The van der Waals surface area contributed by atoms with Crippen molar-refractivity contribution in [3.8, 4) is 0 Å². The van der Waals surface area contributed by atoms with Crippen LogP contribution < -0.4 is 16.0 Å². The van der Waals surface area contributed by atoms with Gasteiger partial charge in [0.1, 0.15) is 18.3 Å². The number of hydrogen-bond acceptors (Lipinski definition) is 12. The highest BCUT2D eigenvalue weighted by Crippen LogP contribution is 2.51. The third-order valence-corrected chi connectivity index (χ3v) is 7.40. The molecular formula is C21H42N3O18P3. The van der Waals surface area contributed by atoms with E-state index >= 15 is 0 Å². The van der Waals surface area contributed by atoms with Gasteiger partial charge in [0.2, 0.25) is 0 Å². The summed E-state index contributed by atoms with van der Waals surface area (Å²) in [6.45, 7) is 5.44. The van der Waals surface area contributed by atoms with E-state index in [1.54, 1.807) is 20.8 Å². The fourth-order valence-corrected chi connectivity index (χ4v) is 5.63. The van der Waals surface area contributed by atoms with E-state index in [1.165, 1.54) is 0 Å². The van der Waals surface area contributed by atoms with E-state index in [-0.39, 0.29) is 19.6 Å². The second-order valence-corrected chi connectivity index (χ2v) is 13.2. The van der Waals surface area contributed by atoms with Gasteiger partial charge in [-0.1, -0.05) is 40.0 Å². The van der Waals surface area contributed by atoms with Crippen molar-refractivity contribution < 1.29 is 85.2 Å². The molecule has 45 heavy (non-hydrogen) atoms. The monoisotopic (exact) mass is 717 g/mol. The molecule has 3 amide bonds. The highest BCUT2D eigenvalue weighted by molar-refractivity contribution is 7.47. The number of amides is 3. The van der Waals surface area contributed by atoms with Gasteiger partial charge in [-0.2, -0.15) is 0 Å². The predicted octanol–water partition coefficient (Wildman–Crippen LogP) is 1.12. The van der Waals surface area contributed by atoms with Gasteiger partial charge in [0.05, 0.1) is 0 Å². The molecule has 1 fully saturated rings. The summed E-state index contributed by atoms with van der Waals surface area (Å²) in [5.41, 5.74) is 0. The lowest BCUT2D eigenvalue weighted by Gasteiger charge is -2.47. The Labute approximate surface area is 258 Å². The minimum Gasteiger partial charge on any atom is -0.439 e. The second kappa shape index (κ2) is 19.1. The smallest absolute Gasteiger partial charge is 0.439 e. The maximum atomic E-state index is 12.8. The van der Waals surface area contributed by atoms with Crippen LogP contribution in [0.15, 0.2) is 0 Å². The fraction of sp³-hybridized carbons (Fsp3) is 0.857. The summed E-state index contributed by atoms with van der Waals surface area (Å²) in [6, 6.07) is 0. The SMILES string of the molecule is CCCCNC(=O)OC1[C@@H](OC(=O)NCCCC)[C@H](OP(=O)(O)O)C(OP(=O)(O)O)[C@@H](OP(=O)(O)O)[C@H]1OC(=O)NCCCC. The quantitative estimate of drug-likeness (QED) is 0.0545. The Balaban J connectivity index is 3.88. The van der Waals surface area contributed by atoms with Crippen molar-refractivity contribution in [2.75, 3.05) is 19.6 Å². The molecule has 0 saturated heterocycles. The number of ether oxygens (including phenoxy) is 3. The van der Waals surface area contributed by atoms with Crippen LogP contribution in [0.3, 0.4) is 0 Å². The number of nitrogens with one attached hydrogen (secondary N) is 3. The molecule has 1 saturated carbocycles. The first-order valence-corrected chi connectivity index (χ1v) is 18.5. The summed E-state index contributed by atoms with van der Waals surface area (Å²) in [7, 11) is -17.2. The van der Waals surface area contributed by atoms with Crippen molar-refractivity contribution in [1.82, 2.24) is 16.0 Å². The highest BCUT2D eigenvalue weighted by Gasteiger charge is 2.62. The number of phosphoric acid groups is 3. The van der Waals surface area contributed by atoms with Crippen LogP contribution in [-0.2, 0) is 41.5 Å². The van der Waals surface area contributed by atoms with Crippen LogP contribution in [0.1, 0.15) is 59.3 Å². The Morgan fingerprint density at radius 1 is 0.489 bits per heavy atom. The highest BCUT2D eigenvalue weighted by atomic mass is 31.2. The lowest BCUT2D eigenvalue weighted by atomic mass is 9.84. The van der Waals surface area contributed by atoms with Gasteiger partial charge in [-0.05, 0) is 19.3 Å². The first kappa shape index (κ1) is 41.2. The summed E-state index contributed by atoms with van der Waals surface area (Å²) in [4.78, 5) is 96.1. The van der Waals surface area contributed by atoms with Crippen molar-refractivity contribution in [3.05, 3.63) is 0 Å². The Kier molecular flexibility index (Phi) is 17.5. The molecule has 9 N–H and O–H groups in total. The number of unbranched alkanes of at least 4 members (excludes halogenated alkanes) is 3. The zero-order valence-electron chi connectivity index (χ0n) is 24.8. The molecule has 0 aliphatic heterocycles. The molecule has 24 heteroatoms. The maximum Gasteiger partial charge on any atom is 0.470 e. The Bertz CT molecular complexity index is 1040. The van der Waals surface area contributed by atoms with Crippen LogP contribution in [-0.4, -0.2) is 104 Å². The van der Waals surface area contributed by atoms with E-state index < -0.39 is 78.4 Å². The topological polar surface area (TPSA) is 315 Å². The standard InChI is InChI=1S/C21H42N3O18P3/c1-4-7-10-22-19(25)37-13-14(38-20(26)23-11-8-5-2)16(40-43(28,29)30)18(42-45(34,35)36)17(41-44(31,32)33)15(13)39-21(27)24-12-9-6-3/h13-18H,4-12H2,1-3H3,(H,22,25)(H,23,26)(H,24,27)(H2,28,29,30)(H2,31,32,33)(H2,34,35,36)/t13?,14-,15+,16-,17-,18?/m0/s1. The molecule has 0 aromatic carbocycles. The molecule has 264 valence electrons. The predicted molar refractivity (Wildman–Crippen MR) is 150 cm³/mol. The largest absolute Gasteiger partial charge is 0.470 e. The van der Waals surface area contributed by atoms with Gasteiger partial charge in [0.25, 0.3) is 0 Å². The van der Waals surface area contributed by atoms with Gasteiger partial charge < -0.3 is 59.5 Å². The minimum atomic E-state index is -5.77. The lowest BCUT2D eigenvalue weighted by molar-refractivity contribution is -0.211. The fourth-order valence-electron chi connectivity index (χ4n) is 3.96. The summed E-state index contributed by atoms with van der Waals surface area (Å²) in [5, 5.41) is 6.91. The number of carbonyl (C=O) groups excluding carboxylic acids is 3. The molecule has 0 heterocycles. The molecular weight excluding hydrogens is 675 g/mol.